The van der Waals surface area contributed by atoms with E-state index in [2.05, 4.69) is 24.5 Å². The van der Waals surface area contributed by atoms with Crippen LogP contribution in [0.3, 0.4) is 0 Å². The number of hydrogen-bond acceptors (Lipinski definition) is 3. The maximum Gasteiger partial charge on any atom is 0.0468 e. The molecule has 1 aliphatic carbocycles. The topological polar surface area (TPSA) is 38.0 Å². The molecular formula is C13H22N2S. The van der Waals surface area contributed by atoms with Gasteiger partial charge in [-0.05, 0) is 36.1 Å². The fraction of sp³-hybridized carbons (Fsp3) is 0.692. The normalized spacial score (nSPS) is 29.8. The van der Waals surface area contributed by atoms with Crippen LogP contribution in [-0.2, 0) is 6.54 Å². The fourth-order valence-electron chi connectivity index (χ4n) is 2.83. The van der Waals surface area contributed by atoms with E-state index < -0.39 is 0 Å². The Labute approximate surface area is 102 Å². The van der Waals surface area contributed by atoms with Crippen molar-refractivity contribution in [2.75, 3.05) is 5.73 Å². The van der Waals surface area contributed by atoms with Crippen molar-refractivity contribution in [1.29, 1.82) is 0 Å². The molecule has 1 fully saturated rings. The number of nitrogen functional groups attached to an aromatic ring is 1. The highest BCUT2D eigenvalue weighted by molar-refractivity contribution is 7.10. The number of rotatable bonds is 4. The molecule has 0 aromatic carbocycles. The van der Waals surface area contributed by atoms with Crippen molar-refractivity contribution in [3.8, 4) is 0 Å². The van der Waals surface area contributed by atoms with Crippen molar-refractivity contribution in [3.05, 3.63) is 16.3 Å². The van der Waals surface area contributed by atoms with Crippen LogP contribution in [0.25, 0.3) is 0 Å². The summed E-state index contributed by atoms with van der Waals surface area (Å²) in [5, 5.41) is 5.74. The Morgan fingerprint density at radius 3 is 2.88 bits per heavy atom. The van der Waals surface area contributed by atoms with Crippen LogP contribution in [0.15, 0.2) is 11.4 Å². The van der Waals surface area contributed by atoms with Gasteiger partial charge >= 0.3 is 0 Å². The van der Waals surface area contributed by atoms with E-state index in [0.717, 1.165) is 24.1 Å². The van der Waals surface area contributed by atoms with Gasteiger partial charge in [-0.15, -0.1) is 11.3 Å². The Kier molecular flexibility index (Phi) is 3.87. The quantitative estimate of drug-likeness (QED) is 0.845. The SMILES string of the molecule is CCC1CCC(NCc2sccc2N)C1C. The third kappa shape index (κ3) is 2.41. The van der Waals surface area contributed by atoms with Gasteiger partial charge in [-0.3, -0.25) is 0 Å². The summed E-state index contributed by atoms with van der Waals surface area (Å²) in [6, 6.07) is 2.68. The molecule has 1 aliphatic rings. The summed E-state index contributed by atoms with van der Waals surface area (Å²) < 4.78 is 0. The minimum atomic E-state index is 0.687. The summed E-state index contributed by atoms with van der Waals surface area (Å²) in [7, 11) is 0. The lowest BCUT2D eigenvalue weighted by Gasteiger charge is -2.20. The number of nitrogens with two attached hydrogens (primary N) is 1. The molecule has 16 heavy (non-hydrogen) atoms. The van der Waals surface area contributed by atoms with Crippen molar-refractivity contribution in [2.45, 2.75) is 45.7 Å². The number of nitrogens with one attached hydrogen (secondary N) is 1. The number of hydrogen-bond donors (Lipinski definition) is 2. The molecule has 0 saturated heterocycles. The zero-order valence-electron chi connectivity index (χ0n) is 10.2. The summed E-state index contributed by atoms with van der Waals surface area (Å²) in [4.78, 5) is 1.28. The molecule has 0 spiro atoms. The largest absolute Gasteiger partial charge is 0.398 e. The van der Waals surface area contributed by atoms with Gasteiger partial charge in [0.25, 0.3) is 0 Å². The molecule has 0 aliphatic heterocycles. The van der Waals surface area contributed by atoms with E-state index >= 15 is 0 Å². The van der Waals surface area contributed by atoms with E-state index in [1.165, 1.54) is 24.1 Å². The van der Waals surface area contributed by atoms with E-state index in [-0.39, 0.29) is 0 Å². The lowest BCUT2D eigenvalue weighted by Crippen LogP contribution is -2.32. The van der Waals surface area contributed by atoms with Gasteiger partial charge in [0.05, 0.1) is 0 Å². The van der Waals surface area contributed by atoms with Crippen LogP contribution in [-0.4, -0.2) is 6.04 Å². The molecule has 90 valence electrons. The van der Waals surface area contributed by atoms with Gasteiger partial charge in [0.1, 0.15) is 0 Å². The Morgan fingerprint density at radius 2 is 2.31 bits per heavy atom. The second-order valence-electron chi connectivity index (χ2n) is 4.89. The first-order valence-corrected chi connectivity index (χ1v) is 7.15. The second kappa shape index (κ2) is 5.19. The summed E-state index contributed by atoms with van der Waals surface area (Å²) in [5.41, 5.74) is 6.82. The molecule has 2 rings (SSSR count). The lowest BCUT2D eigenvalue weighted by atomic mass is 9.93. The molecule has 2 nitrogen and oxygen atoms in total. The van der Waals surface area contributed by atoms with Gasteiger partial charge in [-0.1, -0.05) is 20.3 Å². The molecule has 1 heterocycles. The van der Waals surface area contributed by atoms with Crippen LogP contribution < -0.4 is 11.1 Å². The third-order valence-electron chi connectivity index (χ3n) is 4.06. The molecule has 0 amide bonds. The minimum Gasteiger partial charge on any atom is -0.398 e. The van der Waals surface area contributed by atoms with Gasteiger partial charge < -0.3 is 11.1 Å². The maximum atomic E-state index is 5.88. The van der Waals surface area contributed by atoms with Crippen molar-refractivity contribution in [3.63, 3.8) is 0 Å². The maximum absolute atomic E-state index is 5.88. The van der Waals surface area contributed by atoms with Crippen molar-refractivity contribution < 1.29 is 0 Å². The molecule has 3 unspecified atom stereocenters. The van der Waals surface area contributed by atoms with Crippen LogP contribution in [0.2, 0.25) is 0 Å². The van der Waals surface area contributed by atoms with Crippen LogP contribution in [0, 0.1) is 11.8 Å². The molecule has 0 radical (unpaired) electrons. The Bertz CT molecular complexity index is 334. The lowest BCUT2D eigenvalue weighted by molar-refractivity contribution is 0.345. The molecule has 1 aromatic rings. The second-order valence-corrected chi connectivity index (χ2v) is 5.89. The van der Waals surface area contributed by atoms with E-state index in [1.807, 2.05) is 6.07 Å². The highest BCUT2D eigenvalue weighted by Gasteiger charge is 2.30. The van der Waals surface area contributed by atoms with E-state index in [0.29, 0.717) is 6.04 Å². The van der Waals surface area contributed by atoms with E-state index in [1.54, 1.807) is 11.3 Å². The first-order chi connectivity index (χ1) is 7.72. The van der Waals surface area contributed by atoms with Gasteiger partial charge in [-0.25, -0.2) is 0 Å². The predicted octanol–water partition coefficient (Wildman–Crippen LogP) is 3.24. The first-order valence-electron chi connectivity index (χ1n) is 6.27. The summed E-state index contributed by atoms with van der Waals surface area (Å²) in [5.74, 6) is 1.73. The van der Waals surface area contributed by atoms with Crippen LogP contribution in [0.1, 0.15) is 38.0 Å². The van der Waals surface area contributed by atoms with Crippen molar-refractivity contribution in [2.24, 2.45) is 11.8 Å². The van der Waals surface area contributed by atoms with Crippen LogP contribution in [0.5, 0.6) is 0 Å². The van der Waals surface area contributed by atoms with E-state index in [4.69, 9.17) is 5.73 Å². The standard InChI is InChI=1S/C13H22N2S/c1-3-10-4-5-12(9(10)2)15-8-13-11(14)6-7-16-13/h6-7,9-10,12,15H,3-5,8,14H2,1-2H3. The summed E-state index contributed by atoms with van der Waals surface area (Å²) in [6.07, 6.45) is 4.03. The van der Waals surface area contributed by atoms with E-state index in [9.17, 15) is 0 Å². The molecule has 3 atom stereocenters. The minimum absolute atomic E-state index is 0.687. The van der Waals surface area contributed by atoms with Crippen molar-refractivity contribution in [1.82, 2.24) is 5.32 Å². The van der Waals surface area contributed by atoms with Crippen LogP contribution in [0.4, 0.5) is 5.69 Å². The molecule has 3 heteroatoms. The fourth-order valence-corrected chi connectivity index (χ4v) is 3.58. The Hall–Kier alpha value is -0.540. The predicted molar refractivity (Wildman–Crippen MR) is 71.5 cm³/mol. The zero-order chi connectivity index (χ0) is 11.5. The van der Waals surface area contributed by atoms with Crippen LogP contribution >= 0.6 is 11.3 Å². The van der Waals surface area contributed by atoms with Gasteiger partial charge in [0.2, 0.25) is 0 Å². The Morgan fingerprint density at radius 1 is 1.50 bits per heavy atom. The van der Waals surface area contributed by atoms with Gasteiger partial charge in [-0.2, -0.15) is 0 Å². The molecule has 0 bridgehead atoms. The van der Waals surface area contributed by atoms with Crippen molar-refractivity contribution >= 4 is 17.0 Å². The summed E-state index contributed by atoms with van der Waals surface area (Å²) >= 11 is 1.75. The molecule has 1 aromatic heterocycles. The number of thiophene rings is 1. The number of anilines is 1. The molecule has 1 saturated carbocycles. The first kappa shape index (κ1) is 11.9. The van der Waals surface area contributed by atoms with Gasteiger partial charge in [0, 0.05) is 23.2 Å². The zero-order valence-corrected chi connectivity index (χ0v) is 11.0. The summed E-state index contributed by atoms with van der Waals surface area (Å²) in [6.45, 7) is 5.63. The van der Waals surface area contributed by atoms with Gasteiger partial charge in [0.15, 0.2) is 0 Å². The third-order valence-corrected chi connectivity index (χ3v) is 4.99. The molecule has 3 N–H and O–H groups in total. The highest BCUT2D eigenvalue weighted by atomic mass is 32.1. The Balaban J connectivity index is 1.85. The average molecular weight is 238 g/mol. The monoisotopic (exact) mass is 238 g/mol. The average Bonchev–Trinajstić information content (AvgIpc) is 2.83. The molecular weight excluding hydrogens is 216 g/mol. The smallest absolute Gasteiger partial charge is 0.0468 e. The highest BCUT2D eigenvalue weighted by Crippen LogP contribution is 2.34.